The van der Waals surface area contributed by atoms with Gasteiger partial charge in [0.25, 0.3) is 5.91 Å². The first-order valence-corrected chi connectivity index (χ1v) is 8.91. The molecular weight excluding hydrogens is 356 g/mol. The lowest BCUT2D eigenvalue weighted by Crippen LogP contribution is -2.14. The molecule has 0 spiro atoms. The summed E-state index contributed by atoms with van der Waals surface area (Å²) in [5, 5.41) is 5.96. The number of carbonyl (C=O) groups excluding carboxylic acids is 1. The molecule has 0 fully saturated rings. The second kappa shape index (κ2) is 9.36. The zero-order chi connectivity index (χ0) is 19.8. The van der Waals surface area contributed by atoms with Crippen molar-refractivity contribution in [3.8, 4) is 11.5 Å². The lowest BCUT2D eigenvalue weighted by molar-refractivity contribution is 0.102. The Kier molecular flexibility index (Phi) is 6.41. The van der Waals surface area contributed by atoms with Crippen molar-refractivity contribution < 1.29 is 14.3 Å². The first kappa shape index (κ1) is 19.2. The molecule has 2 N–H and O–H groups in total. The van der Waals surface area contributed by atoms with Crippen molar-refractivity contribution in [2.75, 3.05) is 24.4 Å². The molecule has 0 aliphatic carbocycles. The fraction of sp³-hybridized carbons (Fsp3) is 0.190. The van der Waals surface area contributed by atoms with Crippen molar-refractivity contribution in [1.29, 1.82) is 0 Å². The van der Waals surface area contributed by atoms with Gasteiger partial charge in [0.05, 0.1) is 26.1 Å². The Morgan fingerprint density at radius 1 is 0.964 bits per heavy atom. The third-order valence-corrected chi connectivity index (χ3v) is 3.94. The number of anilines is 2. The van der Waals surface area contributed by atoms with Crippen molar-refractivity contribution in [2.45, 2.75) is 13.5 Å². The summed E-state index contributed by atoms with van der Waals surface area (Å²) in [5.74, 6) is 1.84. The molecule has 7 heteroatoms. The normalized spacial score (nSPS) is 10.2. The summed E-state index contributed by atoms with van der Waals surface area (Å²) in [7, 11) is 1.64. The largest absolute Gasteiger partial charge is 0.497 e. The summed E-state index contributed by atoms with van der Waals surface area (Å²) >= 11 is 0. The third-order valence-electron chi connectivity index (χ3n) is 3.94. The lowest BCUT2D eigenvalue weighted by atomic mass is 10.2. The predicted molar refractivity (Wildman–Crippen MR) is 108 cm³/mol. The molecular formula is C21H22N4O3. The molecule has 28 heavy (non-hydrogen) atoms. The minimum Gasteiger partial charge on any atom is -0.497 e. The van der Waals surface area contributed by atoms with E-state index in [1.165, 1.54) is 12.4 Å². The molecule has 0 atom stereocenters. The number of hydrogen-bond acceptors (Lipinski definition) is 6. The Bertz CT molecular complexity index is 894. The standard InChI is InChI=1S/C21H22N4O3/c1-3-28-18-10-6-16(7-11-18)25-21(26)19-13-24-20(14-22-19)23-12-15-4-8-17(27-2)9-5-15/h4-11,13-14H,3,12H2,1-2H3,(H,23,24)(H,25,26). The van der Waals surface area contributed by atoms with E-state index >= 15 is 0 Å². The molecule has 3 aromatic rings. The average Bonchev–Trinajstić information content (AvgIpc) is 2.74. The van der Waals surface area contributed by atoms with E-state index in [9.17, 15) is 4.79 Å². The highest BCUT2D eigenvalue weighted by atomic mass is 16.5. The van der Waals surface area contributed by atoms with Gasteiger partial charge < -0.3 is 20.1 Å². The van der Waals surface area contributed by atoms with E-state index in [0.29, 0.717) is 24.7 Å². The van der Waals surface area contributed by atoms with Crippen LogP contribution in [0.2, 0.25) is 0 Å². The number of benzene rings is 2. The molecule has 1 amide bonds. The van der Waals surface area contributed by atoms with E-state index < -0.39 is 0 Å². The van der Waals surface area contributed by atoms with Crippen molar-refractivity contribution in [1.82, 2.24) is 9.97 Å². The van der Waals surface area contributed by atoms with Crippen LogP contribution in [-0.2, 0) is 6.54 Å². The second-order valence-corrected chi connectivity index (χ2v) is 5.90. The van der Waals surface area contributed by atoms with E-state index in [-0.39, 0.29) is 11.6 Å². The van der Waals surface area contributed by atoms with E-state index in [4.69, 9.17) is 9.47 Å². The SMILES string of the molecule is CCOc1ccc(NC(=O)c2cnc(NCc3ccc(OC)cc3)cn2)cc1. The number of methoxy groups -OCH3 is 1. The molecule has 144 valence electrons. The van der Waals surface area contributed by atoms with Crippen LogP contribution in [0.15, 0.2) is 60.9 Å². The monoisotopic (exact) mass is 378 g/mol. The highest BCUT2D eigenvalue weighted by molar-refractivity contribution is 6.02. The Labute approximate surface area is 163 Å². The number of ether oxygens (including phenoxy) is 2. The first-order chi connectivity index (χ1) is 13.7. The van der Waals surface area contributed by atoms with Crippen LogP contribution in [0.1, 0.15) is 23.0 Å². The molecule has 1 heterocycles. The Hall–Kier alpha value is -3.61. The van der Waals surface area contributed by atoms with Crippen LogP contribution in [0.25, 0.3) is 0 Å². The van der Waals surface area contributed by atoms with Crippen LogP contribution < -0.4 is 20.1 Å². The van der Waals surface area contributed by atoms with Gasteiger partial charge in [0, 0.05) is 12.2 Å². The molecule has 0 saturated carbocycles. The number of hydrogen-bond donors (Lipinski definition) is 2. The minimum atomic E-state index is -0.321. The van der Waals surface area contributed by atoms with Crippen molar-refractivity contribution in [3.63, 3.8) is 0 Å². The molecule has 2 aromatic carbocycles. The highest BCUT2D eigenvalue weighted by Crippen LogP contribution is 2.16. The molecule has 1 aromatic heterocycles. The second-order valence-electron chi connectivity index (χ2n) is 5.90. The van der Waals surface area contributed by atoms with Crippen LogP contribution >= 0.6 is 0 Å². The van der Waals surface area contributed by atoms with Gasteiger partial charge in [0.1, 0.15) is 23.0 Å². The third kappa shape index (κ3) is 5.20. The van der Waals surface area contributed by atoms with E-state index in [1.807, 2.05) is 31.2 Å². The lowest BCUT2D eigenvalue weighted by Gasteiger charge is -2.08. The van der Waals surface area contributed by atoms with Crippen molar-refractivity contribution in [2.24, 2.45) is 0 Å². The maximum absolute atomic E-state index is 12.3. The topological polar surface area (TPSA) is 85.4 Å². The van der Waals surface area contributed by atoms with Gasteiger partial charge in [0.15, 0.2) is 0 Å². The maximum atomic E-state index is 12.3. The van der Waals surface area contributed by atoms with E-state index in [2.05, 4.69) is 20.6 Å². The van der Waals surface area contributed by atoms with Crippen LogP contribution in [0, 0.1) is 0 Å². The number of amides is 1. The zero-order valence-electron chi connectivity index (χ0n) is 15.8. The minimum absolute atomic E-state index is 0.240. The van der Waals surface area contributed by atoms with E-state index in [1.54, 1.807) is 31.4 Å². The smallest absolute Gasteiger partial charge is 0.275 e. The summed E-state index contributed by atoms with van der Waals surface area (Å²) in [6.07, 6.45) is 2.98. The molecule has 0 aliphatic heterocycles. The number of nitrogens with one attached hydrogen (secondary N) is 2. The van der Waals surface area contributed by atoms with Gasteiger partial charge in [-0.25, -0.2) is 9.97 Å². The van der Waals surface area contributed by atoms with Gasteiger partial charge in [0.2, 0.25) is 0 Å². The fourth-order valence-corrected chi connectivity index (χ4v) is 2.47. The number of rotatable bonds is 8. The predicted octanol–water partition coefficient (Wildman–Crippen LogP) is 3.75. The van der Waals surface area contributed by atoms with Gasteiger partial charge in [-0.1, -0.05) is 12.1 Å². The zero-order valence-corrected chi connectivity index (χ0v) is 15.8. The first-order valence-electron chi connectivity index (χ1n) is 8.91. The molecule has 0 aliphatic rings. The fourth-order valence-electron chi connectivity index (χ4n) is 2.47. The van der Waals surface area contributed by atoms with Crippen molar-refractivity contribution >= 4 is 17.4 Å². The summed E-state index contributed by atoms with van der Waals surface area (Å²) < 4.78 is 10.5. The van der Waals surface area contributed by atoms with Gasteiger partial charge >= 0.3 is 0 Å². The summed E-state index contributed by atoms with van der Waals surface area (Å²) in [6.45, 7) is 3.11. The number of nitrogens with zero attached hydrogens (tertiary/aromatic N) is 2. The molecule has 7 nitrogen and oxygen atoms in total. The highest BCUT2D eigenvalue weighted by Gasteiger charge is 2.09. The van der Waals surface area contributed by atoms with Crippen LogP contribution in [0.3, 0.4) is 0 Å². The summed E-state index contributed by atoms with van der Waals surface area (Å²) in [6, 6.07) is 14.9. The quantitative estimate of drug-likeness (QED) is 0.621. The Morgan fingerprint density at radius 2 is 1.68 bits per heavy atom. The van der Waals surface area contributed by atoms with Crippen LogP contribution in [-0.4, -0.2) is 29.6 Å². The average molecular weight is 378 g/mol. The van der Waals surface area contributed by atoms with Gasteiger partial charge in [-0.15, -0.1) is 0 Å². The molecule has 3 rings (SSSR count). The number of aromatic nitrogens is 2. The van der Waals surface area contributed by atoms with Crippen LogP contribution in [0.4, 0.5) is 11.5 Å². The number of carbonyl (C=O) groups is 1. The summed E-state index contributed by atoms with van der Waals surface area (Å²) in [5.41, 5.74) is 1.99. The van der Waals surface area contributed by atoms with Crippen LogP contribution in [0.5, 0.6) is 11.5 Å². The van der Waals surface area contributed by atoms with Crippen molar-refractivity contribution in [3.05, 3.63) is 72.2 Å². The molecule has 0 radical (unpaired) electrons. The van der Waals surface area contributed by atoms with Gasteiger partial charge in [-0.05, 0) is 48.9 Å². The van der Waals surface area contributed by atoms with Gasteiger partial charge in [-0.2, -0.15) is 0 Å². The van der Waals surface area contributed by atoms with E-state index in [0.717, 1.165) is 17.1 Å². The maximum Gasteiger partial charge on any atom is 0.275 e. The Morgan fingerprint density at radius 3 is 2.29 bits per heavy atom. The Balaban J connectivity index is 1.54. The molecule has 0 saturated heterocycles. The summed E-state index contributed by atoms with van der Waals surface area (Å²) in [4.78, 5) is 20.7. The van der Waals surface area contributed by atoms with Gasteiger partial charge in [-0.3, -0.25) is 4.79 Å². The molecule has 0 unspecified atom stereocenters. The molecule has 0 bridgehead atoms.